The van der Waals surface area contributed by atoms with Crippen molar-refractivity contribution in [2.24, 2.45) is 0 Å². The number of carbonyl (C=O) groups is 1. The van der Waals surface area contributed by atoms with E-state index in [0.29, 0.717) is 6.61 Å². The maximum Gasteiger partial charge on any atom is 0.155 e. The summed E-state index contributed by atoms with van der Waals surface area (Å²) in [5.41, 5.74) is 1.14. The number of rotatable bonds is 5. The van der Waals surface area contributed by atoms with Crippen LogP contribution in [-0.4, -0.2) is 19.0 Å². The fourth-order valence-corrected chi connectivity index (χ4v) is 1.02. The molecule has 0 N–H and O–H groups in total. The van der Waals surface area contributed by atoms with Crippen molar-refractivity contribution in [3.63, 3.8) is 0 Å². The molecular weight excluding hydrogens is 176 g/mol. The highest BCUT2D eigenvalue weighted by Crippen LogP contribution is 2.00. The lowest BCUT2D eigenvalue weighted by Gasteiger charge is -1.95. The van der Waals surface area contributed by atoms with Gasteiger partial charge in [-0.25, -0.2) is 0 Å². The molecule has 2 nitrogen and oxygen atoms in total. The standard InChI is InChI=1S/C12H14O2/c1-11(13)10-14-9-5-8-12-6-3-2-4-7-12/h2-8H,9-10H2,1H3. The summed E-state index contributed by atoms with van der Waals surface area (Å²) < 4.78 is 5.08. The van der Waals surface area contributed by atoms with E-state index in [1.54, 1.807) is 0 Å². The first-order valence-corrected chi connectivity index (χ1v) is 4.58. The molecule has 0 aliphatic rings. The molecule has 0 amide bonds. The van der Waals surface area contributed by atoms with Crippen LogP contribution in [0, 0.1) is 0 Å². The zero-order valence-electron chi connectivity index (χ0n) is 8.27. The molecule has 1 rings (SSSR count). The molecule has 1 aromatic carbocycles. The molecule has 0 saturated heterocycles. The Morgan fingerprint density at radius 2 is 2.07 bits per heavy atom. The van der Waals surface area contributed by atoms with E-state index in [1.807, 2.05) is 42.5 Å². The summed E-state index contributed by atoms with van der Waals surface area (Å²) in [5, 5.41) is 0. The third-order valence-electron chi connectivity index (χ3n) is 1.63. The van der Waals surface area contributed by atoms with Gasteiger partial charge in [0.05, 0.1) is 6.61 Å². The maximum atomic E-state index is 10.5. The van der Waals surface area contributed by atoms with Crippen molar-refractivity contribution in [3.05, 3.63) is 42.0 Å². The highest BCUT2D eigenvalue weighted by atomic mass is 16.5. The molecular formula is C12H14O2. The van der Waals surface area contributed by atoms with Gasteiger partial charge in [-0.3, -0.25) is 4.79 Å². The molecule has 0 unspecified atom stereocenters. The first-order chi connectivity index (χ1) is 6.79. The van der Waals surface area contributed by atoms with Crippen molar-refractivity contribution in [2.45, 2.75) is 6.92 Å². The second-order valence-corrected chi connectivity index (χ2v) is 3.03. The Labute approximate surface area is 84.2 Å². The van der Waals surface area contributed by atoms with Gasteiger partial charge in [0.25, 0.3) is 0 Å². The monoisotopic (exact) mass is 190 g/mol. The van der Waals surface area contributed by atoms with Crippen molar-refractivity contribution in [3.8, 4) is 0 Å². The number of Topliss-reactive ketones (excluding diaryl/α,β-unsaturated/α-hetero) is 1. The van der Waals surface area contributed by atoms with Gasteiger partial charge in [0.1, 0.15) is 6.61 Å². The fraction of sp³-hybridized carbons (Fsp3) is 0.250. The Morgan fingerprint density at radius 1 is 1.36 bits per heavy atom. The second-order valence-electron chi connectivity index (χ2n) is 3.03. The first kappa shape index (κ1) is 10.7. The van der Waals surface area contributed by atoms with E-state index in [0.717, 1.165) is 5.56 Å². The summed E-state index contributed by atoms with van der Waals surface area (Å²) in [7, 11) is 0. The van der Waals surface area contributed by atoms with Crippen molar-refractivity contribution in [1.29, 1.82) is 0 Å². The summed E-state index contributed by atoms with van der Waals surface area (Å²) >= 11 is 0. The third-order valence-corrected chi connectivity index (χ3v) is 1.63. The largest absolute Gasteiger partial charge is 0.370 e. The van der Waals surface area contributed by atoms with Gasteiger partial charge in [-0.05, 0) is 12.5 Å². The van der Waals surface area contributed by atoms with E-state index in [4.69, 9.17) is 4.74 Å². The summed E-state index contributed by atoms with van der Waals surface area (Å²) in [6.45, 7) is 2.19. The summed E-state index contributed by atoms with van der Waals surface area (Å²) in [5.74, 6) is 0.0538. The van der Waals surface area contributed by atoms with Crippen LogP contribution in [0.15, 0.2) is 36.4 Å². The van der Waals surface area contributed by atoms with Gasteiger partial charge >= 0.3 is 0 Å². The van der Waals surface area contributed by atoms with E-state index in [2.05, 4.69) is 0 Å². The molecule has 0 radical (unpaired) electrons. The molecule has 0 bridgehead atoms. The lowest BCUT2D eigenvalue weighted by molar-refractivity contribution is -0.121. The number of benzene rings is 1. The van der Waals surface area contributed by atoms with Crippen molar-refractivity contribution >= 4 is 11.9 Å². The third kappa shape index (κ3) is 4.58. The van der Waals surface area contributed by atoms with Gasteiger partial charge < -0.3 is 4.74 Å². The molecule has 0 aliphatic carbocycles. The molecule has 1 aromatic rings. The number of ether oxygens (including phenoxy) is 1. The molecule has 2 heteroatoms. The minimum absolute atomic E-state index is 0.0538. The lowest BCUT2D eigenvalue weighted by Crippen LogP contribution is -2.03. The van der Waals surface area contributed by atoms with Crippen molar-refractivity contribution in [2.75, 3.05) is 13.2 Å². The van der Waals surface area contributed by atoms with Crippen molar-refractivity contribution < 1.29 is 9.53 Å². The summed E-state index contributed by atoms with van der Waals surface area (Å²) in [4.78, 5) is 10.5. The summed E-state index contributed by atoms with van der Waals surface area (Å²) in [6, 6.07) is 9.97. The van der Waals surface area contributed by atoms with Crippen LogP contribution in [0.25, 0.3) is 6.08 Å². The van der Waals surface area contributed by atoms with Gasteiger partial charge in [0, 0.05) is 0 Å². The average Bonchev–Trinajstić information content (AvgIpc) is 2.18. The van der Waals surface area contributed by atoms with Crippen LogP contribution in [-0.2, 0) is 9.53 Å². The zero-order valence-corrected chi connectivity index (χ0v) is 8.27. The number of hydrogen-bond acceptors (Lipinski definition) is 2. The van der Waals surface area contributed by atoms with Gasteiger partial charge in [-0.2, -0.15) is 0 Å². The normalized spacial score (nSPS) is 10.6. The minimum Gasteiger partial charge on any atom is -0.370 e. The topological polar surface area (TPSA) is 26.3 Å². The van der Waals surface area contributed by atoms with E-state index in [1.165, 1.54) is 6.92 Å². The van der Waals surface area contributed by atoms with Crippen LogP contribution in [0.3, 0.4) is 0 Å². The van der Waals surface area contributed by atoms with Crippen LogP contribution in [0.2, 0.25) is 0 Å². The average molecular weight is 190 g/mol. The molecule has 0 aliphatic heterocycles. The molecule has 0 atom stereocenters. The van der Waals surface area contributed by atoms with Gasteiger partial charge in [-0.1, -0.05) is 42.5 Å². The van der Waals surface area contributed by atoms with E-state index < -0.39 is 0 Å². The van der Waals surface area contributed by atoms with Crippen molar-refractivity contribution in [1.82, 2.24) is 0 Å². The van der Waals surface area contributed by atoms with Crippen LogP contribution in [0.5, 0.6) is 0 Å². The Balaban J connectivity index is 2.25. The molecule has 0 saturated carbocycles. The van der Waals surface area contributed by atoms with Gasteiger partial charge in [0.2, 0.25) is 0 Å². The molecule has 14 heavy (non-hydrogen) atoms. The predicted molar refractivity (Wildman–Crippen MR) is 57.0 cm³/mol. The smallest absolute Gasteiger partial charge is 0.155 e. The molecule has 0 heterocycles. The Hall–Kier alpha value is -1.41. The number of carbonyl (C=O) groups excluding carboxylic acids is 1. The summed E-state index contributed by atoms with van der Waals surface area (Å²) in [6.07, 6.45) is 3.87. The predicted octanol–water partition coefficient (Wildman–Crippen LogP) is 2.31. The van der Waals surface area contributed by atoms with E-state index in [9.17, 15) is 4.79 Å². The quantitative estimate of drug-likeness (QED) is 0.666. The fourth-order valence-electron chi connectivity index (χ4n) is 1.02. The Bertz CT molecular complexity index is 301. The zero-order chi connectivity index (χ0) is 10.2. The van der Waals surface area contributed by atoms with Crippen LogP contribution >= 0.6 is 0 Å². The Morgan fingerprint density at radius 3 is 2.71 bits per heavy atom. The van der Waals surface area contributed by atoms with Crippen LogP contribution in [0.4, 0.5) is 0 Å². The Kier molecular flexibility index (Phi) is 4.65. The minimum atomic E-state index is 0.0538. The SMILES string of the molecule is CC(=O)COCC=Cc1ccccc1. The molecule has 0 aromatic heterocycles. The highest BCUT2D eigenvalue weighted by Gasteiger charge is 1.89. The maximum absolute atomic E-state index is 10.5. The van der Waals surface area contributed by atoms with Gasteiger partial charge in [0.15, 0.2) is 5.78 Å². The molecule has 74 valence electrons. The van der Waals surface area contributed by atoms with E-state index >= 15 is 0 Å². The van der Waals surface area contributed by atoms with Crippen LogP contribution in [0.1, 0.15) is 12.5 Å². The van der Waals surface area contributed by atoms with Crippen LogP contribution < -0.4 is 0 Å². The number of hydrogen-bond donors (Lipinski definition) is 0. The molecule has 0 spiro atoms. The highest BCUT2D eigenvalue weighted by molar-refractivity contribution is 5.76. The second kappa shape index (κ2) is 6.11. The number of ketones is 1. The van der Waals surface area contributed by atoms with Gasteiger partial charge in [-0.15, -0.1) is 0 Å². The van der Waals surface area contributed by atoms with E-state index in [-0.39, 0.29) is 12.4 Å². The first-order valence-electron chi connectivity index (χ1n) is 4.58. The molecule has 0 fully saturated rings. The lowest BCUT2D eigenvalue weighted by atomic mass is 10.2.